The quantitative estimate of drug-likeness (QED) is 0.438. The molecule has 17 heavy (non-hydrogen) atoms. The van der Waals surface area contributed by atoms with Crippen LogP contribution in [0, 0.1) is 11.3 Å². The van der Waals surface area contributed by atoms with Crippen molar-refractivity contribution in [3.05, 3.63) is 29.2 Å². The maximum atomic E-state index is 10.8. The molecular weight excluding hydrogens is 242 g/mol. The van der Waals surface area contributed by atoms with E-state index in [1.54, 1.807) is 18.2 Å². The highest BCUT2D eigenvalue weighted by Gasteiger charge is 2.07. The lowest BCUT2D eigenvalue weighted by Crippen LogP contribution is -2.01. The third kappa shape index (κ3) is 2.32. The minimum Gasteiger partial charge on any atom is -0.427 e. The molecule has 2 aromatic rings. The lowest BCUT2D eigenvalue weighted by atomic mass is 10.2. The SMILES string of the molecule is CC(=O)Oc1ccc2nc(C#N)nc(Cl)c2c1. The average molecular weight is 248 g/mol. The monoisotopic (exact) mass is 247 g/mol. The van der Waals surface area contributed by atoms with Crippen molar-refractivity contribution in [2.24, 2.45) is 0 Å². The minimum absolute atomic E-state index is 0.00253. The first-order valence-corrected chi connectivity index (χ1v) is 5.04. The summed E-state index contributed by atoms with van der Waals surface area (Å²) in [7, 11) is 0. The van der Waals surface area contributed by atoms with Crippen LogP contribution in [0.3, 0.4) is 0 Å². The van der Waals surface area contributed by atoms with Gasteiger partial charge in [-0.2, -0.15) is 5.26 Å². The van der Waals surface area contributed by atoms with E-state index < -0.39 is 5.97 Å². The van der Waals surface area contributed by atoms with Crippen LogP contribution in [-0.2, 0) is 4.79 Å². The van der Waals surface area contributed by atoms with E-state index >= 15 is 0 Å². The van der Waals surface area contributed by atoms with Crippen LogP contribution in [0.1, 0.15) is 12.7 Å². The predicted octanol–water partition coefficient (Wildman–Crippen LogP) is 2.08. The first-order chi connectivity index (χ1) is 8.10. The number of aromatic nitrogens is 2. The van der Waals surface area contributed by atoms with Crippen LogP contribution in [0.25, 0.3) is 10.9 Å². The molecule has 2 rings (SSSR count). The number of ether oxygens (including phenoxy) is 1. The molecule has 0 atom stereocenters. The highest BCUT2D eigenvalue weighted by molar-refractivity contribution is 6.34. The molecule has 0 bridgehead atoms. The molecule has 0 saturated carbocycles. The van der Waals surface area contributed by atoms with E-state index in [1.807, 2.05) is 6.07 Å². The van der Waals surface area contributed by atoms with Gasteiger partial charge in [0.05, 0.1) is 5.52 Å². The van der Waals surface area contributed by atoms with Crippen LogP contribution < -0.4 is 4.74 Å². The molecule has 6 heteroatoms. The summed E-state index contributed by atoms with van der Waals surface area (Å²) in [6.45, 7) is 1.31. The van der Waals surface area contributed by atoms with Crippen LogP contribution in [0.4, 0.5) is 0 Å². The number of nitriles is 1. The largest absolute Gasteiger partial charge is 0.427 e. The van der Waals surface area contributed by atoms with Crippen LogP contribution in [0.2, 0.25) is 5.15 Å². The fraction of sp³-hybridized carbons (Fsp3) is 0.0909. The highest BCUT2D eigenvalue weighted by atomic mass is 35.5. The highest BCUT2D eigenvalue weighted by Crippen LogP contribution is 2.25. The van der Waals surface area contributed by atoms with E-state index in [4.69, 9.17) is 21.6 Å². The zero-order chi connectivity index (χ0) is 12.4. The Labute approximate surface area is 102 Å². The Kier molecular flexibility index (Phi) is 2.90. The lowest BCUT2D eigenvalue weighted by Gasteiger charge is -2.04. The molecular formula is C11H6ClN3O2. The van der Waals surface area contributed by atoms with Gasteiger partial charge in [-0.25, -0.2) is 9.97 Å². The van der Waals surface area contributed by atoms with Gasteiger partial charge in [0, 0.05) is 12.3 Å². The summed E-state index contributed by atoms with van der Waals surface area (Å²) in [4.78, 5) is 18.6. The van der Waals surface area contributed by atoms with Gasteiger partial charge in [0.15, 0.2) is 0 Å². The van der Waals surface area contributed by atoms with Crippen molar-refractivity contribution in [2.75, 3.05) is 0 Å². The molecule has 0 aliphatic carbocycles. The molecule has 0 unspecified atom stereocenters. The van der Waals surface area contributed by atoms with Gasteiger partial charge < -0.3 is 4.74 Å². The number of fused-ring (bicyclic) bond motifs is 1. The van der Waals surface area contributed by atoms with Crippen molar-refractivity contribution in [2.45, 2.75) is 6.92 Å². The number of carbonyl (C=O) groups is 1. The number of hydrogen-bond donors (Lipinski definition) is 0. The van der Waals surface area contributed by atoms with Crippen molar-refractivity contribution < 1.29 is 9.53 Å². The van der Waals surface area contributed by atoms with Gasteiger partial charge in [0.2, 0.25) is 5.82 Å². The van der Waals surface area contributed by atoms with Crippen molar-refractivity contribution in [1.82, 2.24) is 9.97 Å². The van der Waals surface area contributed by atoms with E-state index in [0.717, 1.165) is 0 Å². The molecule has 0 N–H and O–H groups in total. The molecule has 1 aromatic heterocycles. The molecule has 5 nitrogen and oxygen atoms in total. The first-order valence-electron chi connectivity index (χ1n) is 4.66. The number of halogens is 1. The van der Waals surface area contributed by atoms with Crippen LogP contribution >= 0.6 is 11.6 Å². The molecule has 0 aliphatic heterocycles. The molecule has 0 amide bonds. The number of hydrogen-bond acceptors (Lipinski definition) is 5. The molecule has 0 fully saturated rings. The standard InChI is InChI=1S/C11H6ClN3O2/c1-6(16)17-7-2-3-9-8(4-7)11(12)15-10(5-13)14-9/h2-4H,1H3. The summed E-state index contributed by atoms with van der Waals surface area (Å²) < 4.78 is 4.92. The Balaban J connectivity index is 2.59. The number of carbonyl (C=O) groups excluding carboxylic acids is 1. The molecule has 1 aromatic carbocycles. The second-order valence-corrected chi connectivity index (χ2v) is 3.58. The van der Waals surface area contributed by atoms with E-state index in [2.05, 4.69) is 9.97 Å². The van der Waals surface area contributed by atoms with Crippen LogP contribution in [0.15, 0.2) is 18.2 Å². The third-order valence-electron chi connectivity index (χ3n) is 1.98. The molecule has 0 spiro atoms. The fourth-order valence-electron chi connectivity index (χ4n) is 1.35. The van der Waals surface area contributed by atoms with Crippen molar-refractivity contribution >= 4 is 28.5 Å². The van der Waals surface area contributed by atoms with Gasteiger partial charge in [-0.3, -0.25) is 4.79 Å². The zero-order valence-corrected chi connectivity index (χ0v) is 9.52. The summed E-state index contributed by atoms with van der Waals surface area (Å²) in [5.41, 5.74) is 0.525. The fourth-order valence-corrected chi connectivity index (χ4v) is 1.58. The van der Waals surface area contributed by atoms with Crippen molar-refractivity contribution in [1.29, 1.82) is 5.26 Å². The normalized spacial score (nSPS) is 9.94. The average Bonchev–Trinajstić information content (AvgIpc) is 2.29. The Bertz CT molecular complexity index is 649. The zero-order valence-electron chi connectivity index (χ0n) is 8.77. The summed E-state index contributed by atoms with van der Waals surface area (Å²) in [6.07, 6.45) is 0. The molecule has 1 heterocycles. The minimum atomic E-state index is -0.421. The molecule has 0 radical (unpaired) electrons. The summed E-state index contributed by atoms with van der Waals surface area (Å²) in [5.74, 6) is -0.0574. The van der Waals surface area contributed by atoms with Gasteiger partial charge in [0.25, 0.3) is 0 Å². The van der Waals surface area contributed by atoms with Gasteiger partial charge in [0.1, 0.15) is 17.0 Å². The molecule has 0 saturated heterocycles. The smallest absolute Gasteiger partial charge is 0.308 e. The summed E-state index contributed by atoms with van der Waals surface area (Å²) in [6, 6.07) is 6.56. The Morgan fingerprint density at radius 1 is 1.47 bits per heavy atom. The Morgan fingerprint density at radius 2 is 2.24 bits per heavy atom. The first kappa shape index (κ1) is 11.3. The third-order valence-corrected chi connectivity index (χ3v) is 2.27. The van der Waals surface area contributed by atoms with E-state index in [-0.39, 0.29) is 11.0 Å². The lowest BCUT2D eigenvalue weighted by molar-refractivity contribution is -0.131. The summed E-state index contributed by atoms with van der Waals surface area (Å²) in [5, 5.41) is 9.38. The number of rotatable bonds is 1. The van der Waals surface area contributed by atoms with E-state index in [0.29, 0.717) is 16.7 Å². The maximum absolute atomic E-state index is 10.8. The predicted molar refractivity (Wildman–Crippen MR) is 60.6 cm³/mol. The Morgan fingerprint density at radius 3 is 2.88 bits per heavy atom. The second kappa shape index (κ2) is 4.36. The van der Waals surface area contributed by atoms with Gasteiger partial charge in [-0.1, -0.05) is 11.6 Å². The number of esters is 1. The number of nitrogens with zero attached hydrogens (tertiary/aromatic N) is 3. The molecule has 0 aliphatic rings. The van der Waals surface area contributed by atoms with Crippen LogP contribution in [-0.4, -0.2) is 15.9 Å². The van der Waals surface area contributed by atoms with Crippen LogP contribution in [0.5, 0.6) is 5.75 Å². The van der Waals surface area contributed by atoms with E-state index in [1.165, 1.54) is 6.92 Å². The van der Waals surface area contributed by atoms with Gasteiger partial charge in [-0.05, 0) is 18.2 Å². The van der Waals surface area contributed by atoms with Crippen molar-refractivity contribution in [3.8, 4) is 11.8 Å². The topological polar surface area (TPSA) is 75.9 Å². The van der Waals surface area contributed by atoms with E-state index in [9.17, 15) is 4.79 Å². The molecule has 84 valence electrons. The number of benzene rings is 1. The van der Waals surface area contributed by atoms with Gasteiger partial charge in [-0.15, -0.1) is 0 Å². The maximum Gasteiger partial charge on any atom is 0.308 e. The van der Waals surface area contributed by atoms with Gasteiger partial charge >= 0.3 is 5.97 Å². The van der Waals surface area contributed by atoms with Crippen molar-refractivity contribution in [3.63, 3.8) is 0 Å². The summed E-state index contributed by atoms with van der Waals surface area (Å²) >= 11 is 5.91. The Hall–Kier alpha value is -2.19. The second-order valence-electron chi connectivity index (χ2n) is 3.22.